The summed E-state index contributed by atoms with van der Waals surface area (Å²) in [5.74, 6) is -0.764. The van der Waals surface area contributed by atoms with Crippen molar-refractivity contribution in [3.05, 3.63) is 22.4 Å². The highest BCUT2D eigenvalue weighted by atomic mass is 32.1. The quantitative estimate of drug-likeness (QED) is 0.814. The summed E-state index contributed by atoms with van der Waals surface area (Å²) in [4.78, 5) is 12.2. The van der Waals surface area contributed by atoms with Gasteiger partial charge in [-0.05, 0) is 24.3 Å². The molecule has 1 fully saturated rings. The molecule has 76 valence electrons. The van der Waals surface area contributed by atoms with Gasteiger partial charge in [0.1, 0.15) is 5.41 Å². The molecule has 1 atom stereocenters. The number of ether oxygens (including phenoxy) is 1. The Labute approximate surface area is 86.3 Å². The fourth-order valence-electron chi connectivity index (χ4n) is 1.81. The van der Waals surface area contributed by atoms with Gasteiger partial charge in [-0.2, -0.15) is 0 Å². The Hall–Kier alpha value is -0.870. The summed E-state index contributed by atoms with van der Waals surface area (Å²) >= 11 is 1.50. The van der Waals surface area contributed by atoms with Gasteiger partial charge in [0.25, 0.3) is 0 Å². The van der Waals surface area contributed by atoms with Crippen LogP contribution in [0.25, 0.3) is 0 Å². The molecule has 0 bridgehead atoms. The number of carboxylic acid groups (broad SMARTS) is 1. The standard InChI is InChI=1S/C10H12O3S/c11-9(12)10(4-2-5-13-7-10)8-3-1-6-14-8/h1,3,6H,2,4-5,7H2,(H,11,12). The number of hydrogen-bond donors (Lipinski definition) is 1. The second kappa shape index (κ2) is 3.71. The van der Waals surface area contributed by atoms with Crippen molar-refractivity contribution >= 4 is 17.3 Å². The Kier molecular flexibility index (Phi) is 2.56. The van der Waals surface area contributed by atoms with Crippen molar-refractivity contribution in [1.82, 2.24) is 0 Å². The first-order valence-electron chi connectivity index (χ1n) is 4.61. The van der Waals surface area contributed by atoms with Crippen LogP contribution in [0.15, 0.2) is 17.5 Å². The molecular weight excluding hydrogens is 200 g/mol. The Morgan fingerprint density at radius 2 is 2.50 bits per heavy atom. The van der Waals surface area contributed by atoms with Crippen molar-refractivity contribution in [3.8, 4) is 0 Å². The smallest absolute Gasteiger partial charge is 0.317 e. The van der Waals surface area contributed by atoms with E-state index in [9.17, 15) is 9.90 Å². The van der Waals surface area contributed by atoms with E-state index in [2.05, 4.69) is 0 Å². The van der Waals surface area contributed by atoms with Crippen LogP contribution in [0.2, 0.25) is 0 Å². The highest BCUT2D eigenvalue weighted by molar-refractivity contribution is 7.10. The van der Waals surface area contributed by atoms with E-state index in [-0.39, 0.29) is 0 Å². The van der Waals surface area contributed by atoms with E-state index < -0.39 is 11.4 Å². The fraction of sp³-hybridized carbons (Fsp3) is 0.500. The lowest BCUT2D eigenvalue weighted by Crippen LogP contribution is -2.42. The van der Waals surface area contributed by atoms with E-state index in [0.717, 1.165) is 11.3 Å². The van der Waals surface area contributed by atoms with Gasteiger partial charge in [-0.3, -0.25) is 4.79 Å². The first-order valence-corrected chi connectivity index (χ1v) is 5.49. The molecule has 1 aliphatic rings. The number of thiophene rings is 1. The van der Waals surface area contributed by atoms with Gasteiger partial charge in [0.15, 0.2) is 0 Å². The minimum absolute atomic E-state index is 0.308. The lowest BCUT2D eigenvalue weighted by Gasteiger charge is -2.31. The second-order valence-corrected chi connectivity index (χ2v) is 4.47. The molecule has 4 heteroatoms. The lowest BCUT2D eigenvalue weighted by atomic mass is 9.81. The molecule has 0 radical (unpaired) electrons. The second-order valence-electron chi connectivity index (χ2n) is 3.52. The molecule has 1 N–H and O–H groups in total. The largest absolute Gasteiger partial charge is 0.480 e. The minimum atomic E-state index is -0.785. The molecular formula is C10H12O3S. The average molecular weight is 212 g/mol. The highest BCUT2D eigenvalue weighted by Crippen LogP contribution is 2.36. The van der Waals surface area contributed by atoms with Crippen molar-refractivity contribution in [2.24, 2.45) is 0 Å². The van der Waals surface area contributed by atoms with Gasteiger partial charge in [-0.15, -0.1) is 11.3 Å². The van der Waals surface area contributed by atoms with Gasteiger partial charge in [-0.1, -0.05) is 6.07 Å². The molecule has 14 heavy (non-hydrogen) atoms. The van der Waals surface area contributed by atoms with Gasteiger partial charge in [0.05, 0.1) is 6.61 Å². The SMILES string of the molecule is O=C(O)C1(c2cccs2)CCCOC1. The van der Waals surface area contributed by atoms with Crippen LogP contribution >= 0.6 is 11.3 Å². The third-order valence-electron chi connectivity index (χ3n) is 2.64. The molecule has 0 aliphatic carbocycles. The monoisotopic (exact) mass is 212 g/mol. The number of hydrogen-bond acceptors (Lipinski definition) is 3. The average Bonchev–Trinajstić information content (AvgIpc) is 2.72. The highest BCUT2D eigenvalue weighted by Gasteiger charge is 2.43. The van der Waals surface area contributed by atoms with E-state index in [0.29, 0.717) is 19.6 Å². The van der Waals surface area contributed by atoms with Gasteiger partial charge in [-0.25, -0.2) is 0 Å². The minimum Gasteiger partial charge on any atom is -0.480 e. The Morgan fingerprint density at radius 1 is 1.64 bits per heavy atom. The van der Waals surface area contributed by atoms with E-state index in [1.54, 1.807) is 0 Å². The van der Waals surface area contributed by atoms with E-state index in [4.69, 9.17) is 4.74 Å². The fourth-order valence-corrected chi connectivity index (χ4v) is 2.75. The first-order chi connectivity index (χ1) is 6.76. The van der Waals surface area contributed by atoms with Gasteiger partial charge < -0.3 is 9.84 Å². The van der Waals surface area contributed by atoms with Crippen LogP contribution in [0.4, 0.5) is 0 Å². The predicted octanol–water partition coefficient (Wildman–Crippen LogP) is 1.88. The Bertz CT molecular complexity index is 312. The van der Waals surface area contributed by atoms with Crippen LogP contribution in [-0.4, -0.2) is 24.3 Å². The van der Waals surface area contributed by atoms with Crippen molar-refractivity contribution < 1.29 is 14.6 Å². The summed E-state index contributed by atoms with van der Waals surface area (Å²) < 4.78 is 5.30. The van der Waals surface area contributed by atoms with Crippen molar-refractivity contribution in [2.45, 2.75) is 18.3 Å². The third kappa shape index (κ3) is 1.44. The van der Waals surface area contributed by atoms with Crippen molar-refractivity contribution in [2.75, 3.05) is 13.2 Å². The summed E-state index contributed by atoms with van der Waals surface area (Å²) in [6, 6.07) is 3.77. The number of rotatable bonds is 2. The van der Waals surface area contributed by atoms with Crippen molar-refractivity contribution in [1.29, 1.82) is 0 Å². The molecule has 3 nitrogen and oxygen atoms in total. The van der Waals surface area contributed by atoms with Gasteiger partial charge in [0, 0.05) is 11.5 Å². The lowest BCUT2D eigenvalue weighted by molar-refractivity contribution is -0.149. The number of carbonyl (C=O) groups is 1. The molecule has 2 heterocycles. The molecule has 1 aromatic rings. The molecule has 2 rings (SSSR count). The van der Waals surface area contributed by atoms with Crippen LogP contribution in [0, 0.1) is 0 Å². The summed E-state index contributed by atoms with van der Waals surface area (Å²) in [6.45, 7) is 0.989. The summed E-state index contributed by atoms with van der Waals surface area (Å²) in [6.07, 6.45) is 1.51. The predicted molar refractivity (Wildman–Crippen MR) is 53.7 cm³/mol. The van der Waals surface area contributed by atoms with Crippen LogP contribution in [-0.2, 0) is 14.9 Å². The maximum absolute atomic E-state index is 11.3. The van der Waals surface area contributed by atoms with E-state index in [1.807, 2.05) is 17.5 Å². The normalized spacial score (nSPS) is 27.4. The third-order valence-corrected chi connectivity index (χ3v) is 3.72. The van der Waals surface area contributed by atoms with E-state index >= 15 is 0 Å². The van der Waals surface area contributed by atoms with E-state index in [1.165, 1.54) is 11.3 Å². The molecule has 0 aromatic carbocycles. The summed E-state index contributed by atoms with van der Waals surface area (Å²) in [7, 11) is 0. The Morgan fingerprint density at radius 3 is 3.00 bits per heavy atom. The zero-order valence-electron chi connectivity index (χ0n) is 7.73. The number of aliphatic carboxylic acids is 1. The summed E-state index contributed by atoms with van der Waals surface area (Å²) in [5, 5.41) is 11.2. The number of carboxylic acids is 1. The first kappa shape index (κ1) is 9.68. The molecule has 1 saturated heterocycles. The van der Waals surface area contributed by atoms with Gasteiger partial charge >= 0.3 is 5.97 Å². The topological polar surface area (TPSA) is 46.5 Å². The van der Waals surface area contributed by atoms with Crippen molar-refractivity contribution in [3.63, 3.8) is 0 Å². The molecule has 0 spiro atoms. The van der Waals surface area contributed by atoms with Gasteiger partial charge in [0.2, 0.25) is 0 Å². The summed E-state index contributed by atoms with van der Waals surface area (Å²) in [5.41, 5.74) is -0.785. The van der Waals surface area contributed by atoms with Crippen LogP contribution in [0.1, 0.15) is 17.7 Å². The maximum atomic E-state index is 11.3. The maximum Gasteiger partial charge on any atom is 0.317 e. The van der Waals surface area contributed by atoms with Crippen LogP contribution < -0.4 is 0 Å². The molecule has 1 aliphatic heterocycles. The molecule has 0 amide bonds. The van der Waals surface area contributed by atoms with Crippen LogP contribution in [0.5, 0.6) is 0 Å². The molecule has 0 saturated carbocycles. The molecule has 1 unspecified atom stereocenters. The zero-order chi connectivity index (χ0) is 10.0. The Balaban J connectivity index is 2.35. The molecule has 1 aromatic heterocycles. The zero-order valence-corrected chi connectivity index (χ0v) is 8.55. The van der Waals surface area contributed by atoms with Crippen LogP contribution in [0.3, 0.4) is 0 Å².